The Morgan fingerprint density at radius 2 is 2.38 bits per heavy atom. The minimum absolute atomic E-state index is 0.614. The van der Waals surface area contributed by atoms with E-state index in [-0.39, 0.29) is 0 Å². The summed E-state index contributed by atoms with van der Waals surface area (Å²) in [5, 5.41) is 0. The lowest BCUT2D eigenvalue weighted by Gasteiger charge is -2.01. The van der Waals surface area contributed by atoms with Gasteiger partial charge in [-0.3, -0.25) is 0 Å². The van der Waals surface area contributed by atoms with Gasteiger partial charge in [0.1, 0.15) is 0 Å². The van der Waals surface area contributed by atoms with Crippen LogP contribution in [0.2, 0.25) is 0 Å². The summed E-state index contributed by atoms with van der Waals surface area (Å²) >= 11 is 0. The standard InChI is InChI=1S/C13H20/c1-4-5-10(2)6-7-12-9-13(12)8-11(13)3/h6-7,9-11H,4-5,8H2,1-3H3. The third kappa shape index (κ3) is 1.59. The Morgan fingerprint density at radius 1 is 1.69 bits per heavy atom. The van der Waals surface area contributed by atoms with Crippen molar-refractivity contribution in [2.24, 2.45) is 17.3 Å². The second-order valence-electron chi connectivity index (χ2n) is 4.87. The minimum Gasteiger partial charge on any atom is -0.0814 e. The highest BCUT2D eigenvalue weighted by atomic mass is 14.6. The van der Waals surface area contributed by atoms with Crippen molar-refractivity contribution in [3.05, 3.63) is 23.8 Å². The van der Waals surface area contributed by atoms with E-state index >= 15 is 0 Å². The van der Waals surface area contributed by atoms with Gasteiger partial charge in [-0.2, -0.15) is 0 Å². The van der Waals surface area contributed by atoms with Gasteiger partial charge in [0.25, 0.3) is 0 Å². The van der Waals surface area contributed by atoms with Gasteiger partial charge in [0.15, 0.2) is 0 Å². The van der Waals surface area contributed by atoms with Gasteiger partial charge in [-0.25, -0.2) is 0 Å². The van der Waals surface area contributed by atoms with E-state index in [1.165, 1.54) is 19.3 Å². The average molecular weight is 176 g/mol. The van der Waals surface area contributed by atoms with Crippen molar-refractivity contribution in [1.29, 1.82) is 0 Å². The molecule has 72 valence electrons. The topological polar surface area (TPSA) is 0 Å². The van der Waals surface area contributed by atoms with Crippen LogP contribution in [0.4, 0.5) is 0 Å². The van der Waals surface area contributed by atoms with Crippen molar-refractivity contribution in [2.45, 2.75) is 40.0 Å². The SMILES string of the molecule is CCCC(C)C=CC1=CC12CC2C. The second kappa shape index (κ2) is 3.01. The first-order chi connectivity index (χ1) is 6.19. The molecule has 0 aromatic carbocycles. The van der Waals surface area contributed by atoms with E-state index in [9.17, 15) is 0 Å². The van der Waals surface area contributed by atoms with Crippen LogP contribution in [0, 0.1) is 17.3 Å². The van der Waals surface area contributed by atoms with Crippen molar-refractivity contribution >= 4 is 0 Å². The molecule has 2 aliphatic carbocycles. The average Bonchev–Trinajstić information content (AvgIpc) is 2.92. The molecular formula is C13H20. The molecule has 0 radical (unpaired) electrons. The van der Waals surface area contributed by atoms with Crippen LogP contribution in [0.15, 0.2) is 23.8 Å². The Hall–Kier alpha value is -0.520. The molecule has 2 rings (SSSR count). The first-order valence-corrected chi connectivity index (χ1v) is 5.60. The fraction of sp³-hybridized carbons (Fsp3) is 0.692. The van der Waals surface area contributed by atoms with Gasteiger partial charge in [0.2, 0.25) is 0 Å². The van der Waals surface area contributed by atoms with E-state index < -0.39 is 0 Å². The zero-order valence-corrected chi connectivity index (χ0v) is 9.01. The largest absolute Gasteiger partial charge is 0.0814 e. The van der Waals surface area contributed by atoms with Crippen molar-refractivity contribution in [2.75, 3.05) is 0 Å². The quantitative estimate of drug-likeness (QED) is 0.608. The summed E-state index contributed by atoms with van der Waals surface area (Å²) in [5.74, 6) is 1.70. The normalized spacial score (nSPS) is 38.1. The molecule has 0 heteroatoms. The molecule has 0 saturated heterocycles. The van der Waals surface area contributed by atoms with E-state index in [4.69, 9.17) is 0 Å². The molecular weight excluding hydrogens is 156 g/mol. The van der Waals surface area contributed by atoms with Gasteiger partial charge >= 0.3 is 0 Å². The van der Waals surface area contributed by atoms with E-state index in [0.29, 0.717) is 5.41 Å². The first kappa shape index (κ1) is 9.05. The lowest BCUT2D eigenvalue weighted by molar-refractivity contribution is 0.633. The molecule has 1 spiro atoms. The van der Waals surface area contributed by atoms with Gasteiger partial charge < -0.3 is 0 Å². The summed E-state index contributed by atoms with van der Waals surface area (Å²) in [7, 11) is 0. The molecule has 1 saturated carbocycles. The van der Waals surface area contributed by atoms with Crippen LogP contribution in [0.1, 0.15) is 40.0 Å². The maximum absolute atomic E-state index is 2.45. The molecule has 0 amide bonds. The Kier molecular flexibility index (Phi) is 2.09. The zero-order chi connectivity index (χ0) is 9.47. The molecule has 0 aliphatic heterocycles. The second-order valence-corrected chi connectivity index (χ2v) is 4.87. The Labute approximate surface area is 81.7 Å². The molecule has 0 nitrogen and oxygen atoms in total. The van der Waals surface area contributed by atoms with Gasteiger partial charge in [0, 0.05) is 5.41 Å². The summed E-state index contributed by atoms with van der Waals surface area (Å²) in [6.45, 7) is 6.92. The van der Waals surface area contributed by atoms with Gasteiger partial charge in [-0.05, 0) is 30.3 Å². The van der Waals surface area contributed by atoms with Gasteiger partial charge in [0.05, 0.1) is 0 Å². The van der Waals surface area contributed by atoms with Crippen LogP contribution < -0.4 is 0 Å². The summed E-state index contributed by atoms with van der Waals surface area (Å²) < 4.78 is 0. The molecule has 0 heterocycles. The Bertz CT molecular complexity index is 259. The lowest BCUT2D eigenvalue weighted by atomic mass is 10.0. The molecule has 0 N–H and O–H groups in total. The Morgan fingerprint density at radius 3 is 2.85 bits per heavy atom. The van der Waals surface area contributed by atoms with Crippen LogP contribution >= 0.6 is 0 Å². The highest BCUT2D eigenvalue weighted by Gasteiger charge is 2.59. The molecule has 1 fully saturated rings. The first-order valence-electron chi connectivity index (χ1n) is 5.60. The molecule has 3 unspecified atom stereocenters. The van der Waals surface area contributed by atoms with Crippen LogP contribution in [0.5, 0.6) is 0 Å². The number of hydrogen-bond donors (Lipinski definition) is 0. The van der Waals surface area contributed by atoms with Crippen LogP contribution in [-0.2, 0) is 0 Å². The van der Waals surface area contributed by atoms with Crippen molar-refractivity contribution in [3.8, 4) is 0 Å². The summed E-state index contributed by atoms with van der Waals surface area (Å²) in [4.78, 5) is 0. The van der Waals surface area contributed by atoms with E-state index in [0.717, 1.165) is 11.8 Å². The third-order valence-corrected chi connectivity index (χ3v) is 3.58. The summed E-state index contributed by atoms with van der Waals surface area (Å²) in [5.41, 5.74) is 2.23. The summed E-state index contributed by atoms with van der Waals surface area (Å²) in [6.07, 6.45) is 11.2. The van der Waals surface area contributed by atoms with Gasteiger partial charge in [-0.1, -0.05) is 45.4 Å². The number of rotatable bonds is 4. The van der Waals surface area contributed by atoms with Crippen molar-refractivity contribution in [1.82, 2.24) is 0 Å². The lowest BCUT2D eigenvalue weighted by Crippen LogP contribution is -1.87. The van der Waals surface area contributed by atoms with Crippen LogP contribution in [0.25, 0.3) is 0 Å². The highest BCUT2D eigenvalue weighted by Crippen LogP contribution is 2.69. The summed E-state index contributed by atoms with van der Waals surface area (Å²) in [6, 6.07) is 0. The predicted octanol–water partition coefficient (Wildman–Crippen LogP) is 3.95. The minimum atomic E-state index is 0.614. The maximum atomic E-state index is 2.45. The molecule has 0 aromatic rings. The Balaban J connectivity index is 1.77. The maximum Gasteiger partial charge on any atom is 0.0164 e. The molecule has 0 aromatic heterocycles. The van der Waals surface area contributed by atoms with Crippen LogP contribution in [0.3, 0.4) is 0 Å². The van der Waals surface area contributed by atoms with E-state index in [1.807, 2.05) is 0 Å². The molecule has 0 bridgehead atoms. The highest BCUT2D eigenvalue weighted by molar-refractivity contribution is 5.53. The molecule has 13 heavy (non-hydrogen) atoms. The van der Waals surface area contributed by atoms with Gasteiger partial charge in [-0.15, -0.1) is 0 Å². The zero-order valence-electron chi connectivity index (χ0n) is 9.01. The molecule has 2 aliphatic rings. The fourth-order valence-corrected chi connectivity index (χ4v) is 2.32. The van der Waals surface area contributed by atoms with E-state index in [2.05, 4.69) is 39.0 Å². The predicted molar refractivity (Wildman–Crippen MR) is 57.5 cm³/mol. The number of allylic oxidation sites excluding steroid dienone is 4. The molecule has 3 atom stereocenters. The van der Waals surface area contributed by atoms with Crippen molar-refractivity contribution < 1.29 is 0 Å². The smallest absolute Gasteiger partial charge is 0.0164 e. The van der Waals surface area contributed by atoms with E-state index in [1.54, 1.807) is 5.57 Å². The van der Waals surface area contributed by atoms with Crippen LogP contribution in [-0.4, -0.2) is 0 Å². The van der Waals surface area contributed by atoms with Crippen molar-refractivity contribution in [3.63, 3.8) is 0 Å². The fourth-order valence-electron chi connectivity index (χ4n) is 2.32. The number of hydrogen-bond acceptors (Lipinski definition) is 0. The monoisotopic (exact) mass is 176 g/mol. The third-order valence-electron chi connectivity index (χ3n) is 3.58.